The summed E-state index contributed by atoms with van der Waals surface area (Å²) >= 11 is 0. The van der Waals surface area contributed by atoms with Crippen LogP contribution in [0.2, 0.25) is 0 Å². The molecule has 9 heteroatoms. The van der Waals surface area contributed by atoms with E-state index in [-0.39, 0.29) is 37.1 Å². The fourth-order valence-corrected chi connectivity index (χ4v) is 3.18. The number of piperidine rings is 1. The van der Waals surface area contributed by atoms with E-state index in [2.05, 4.69) is 10.6 Å². The van der Waals surface area contributed by atoms with E-state index in [4.69, 9.17) is 4.74 Å². The molecular formula is C17H19N3O6. The van der Waals surface area contributed by atoms with E-state index in [9.17, 15) is 24.3 Å². The van der Waals surface area contributed by atoms with Crippen LogP contribution in [-0.2, 0) is 20.9 Å². The van der Waals surface area contributed by atoms with Gasteiger partial charge in [0.1, 0.15) is 12.3 Å². The van der Waals surface area contributed by atoms with Crippen LogP contribution in [-0.4, -0.2) is 59.6 Å². The number of rotatable bonds is 6. The summed E-state index contributed by atoms with van der Waals surface area (Å²) in [7, 11) is 1.45. The highest BCUT2D eigenvalue weighted by molar-refractivity contribution is 6.24. The Labute approximate surface area is 149 Å². The maximum atomic E-state index is 12.8. The second kappa shape index (κ2) is 7.32. The summed E-state index contributed by atoms with van der Waals surface area (Å²) in [6, 6.07) is 3.83. The second-order valence-corrected chi connectivity index (χ2v) is 6.14. The molecule has 0 saturated carbocycles. The van der Waals surface area contributed by atoms with Crippen LogP contribution in [0.4, 0.5) is 0 Å². The Hall–Kier alpha value is -2.62. The Morgan fingerprint density at radius 3 is 2.77 bits per heavy atom. The number of nitrogens with one attached hydrogen (secondary N) is 2. The molecule has 0 aromatic heterocycles. The number of carbonyl (C=O) groups is 4. The number of ether oxygens (including phenoxy) is 1. The van der Waals surface area contributed by atoms with Crippen molar-refractivity contribution in [3.63, 3.8) is 0 Å². The van der Waals surface area contributed by atoms with Gasteiger partial charge in [0.25, 0.3) is 11.8 Å². The first kappa shape index (κ1) is 18.2. The van der Waals surface area contributed by atoms with Crippen molar-refractivity contribution in [2.45, 2.75) is 31.7 Å². The molecule has 0 radical (unpaired) electrons. The molecule has 2 atom stereocenters. The number of carbonyl (C=O) groups excluding carboxylic acids is 4. The lowest BCUT2D eigenvalue weighted by atomic mass is 10.0. The molecule has 1 aromatic rings. The summed E-state index contributed by atoms with van der Waals surface area (Å²) < 4.78 is 4.83. The van der Waals surface area contributed by atoms with Crippen molar-refractivity contribution in [1.29, 1.82) is 0 Å². The van der Waals surface area contributed by atoms with E-state index in [0.29, 0.717) is 5.56 Å². The number of hydrogen-bond donors (Lipinski definition) is 3. The van der Waals surface area contributed by atoms with Crippen LogP contribution in [0.5, 0.6) is 0 Å². The minimum Gasteiger partial charge on any atom is -0.381 e. The Morgan fingerprint density at radius 2 is 2.08 bits per heavy atom. The molecule has 3 rings (SSSR count). The summed E-state index contributed by atoms with van der Waals surface area (Å²) in [4.78, 5) is 49.8. The first-order valence-electron chi connectivity index (χ1n) is 8.18. The van der Waals surface area contributed by atoms with Crippen molar-refractivity contribution in [2.75, 3.05) is 13.7 Å². The summed E-state index contributed by atoms with van der Waals surface area (Å²) in [6.45, 7) is 0.222. The van der Waals surface area contributed by atoms with Gasteiger partial charge in [0.2, 0.25) is 11.8 Å². The number of nitrogens with zero attached hydrogens (tertiary/aromatic N) is 1. The molecule has 1 fully saturated rings. The zero-order valence-corrected chi connectivity index (χ0v) is 14.2. The Kier molecular flexibility index (Phi) is 5.12. The standard InChI is InChI=1S/C17H19N3O6/c1-26-8-13(22)18-7-9-3-2-4-10-14(9)17(25)20(16(10)24)11-5-6-12(21)19-15(11)23/h2-4,11,13,18,22H,5-8H2,1H3,(H,19,21,23). The van der Waals surface area contributed by atoms with Crippen LogP contribution in [0.25, 0.3) is 0 Å². The number of amides is 4. The zero-order chi connectivity index (χ0) is 18.8. The molecule has 2 unspecified atom stereocenters. The van der Waals surface area contributed by atoms with E-state index in [1.807, 2.05) is 0 Å². The van der Waals surface area contributed by atoms with Crippen LogP contribution < -0.4 is 10.6 Å². The topological polar surface area (TPSA) is 125 Å². The van der Waals surface area contributed by atoms with Crippen molar-refractivity contribution in [2.24, 2.45) is 0 Å². The van der Waals surface area contributed by atoms with Gasteiger partial charge >= 0.3 is 0 Å². The maximum Gasteiger partial charge on any atom is 0.262 e. The molecule has 0 spiro atoms. The first-order valence-corrected chi connectivity index (χ1v) is 8.18. The van der Waals surface area contributed by atoms with E-state index in [1.54, 1.807) is 12.1 Å². The number of hydrogen-bond acceptors (Lipinski definition) is 7. The van der Waals surface area contributed by atoms with Gasteiger partial charge < -0.3 is 9.84 Å². The lowest BCUT2D eigenvalue weighted by Crippen LogP contribution is -2.54. The average Bonchev–Trinajstić information content (AvgIpc) is 2.85. The van der Waals surface area contributed by atoms with Gasteiger partial charge in [-0.2, -0.15) is 0 Å². The molecule has 0 aliphatic carbocycles. The molecule has 2 heterocycles. The van der Waals surface area contributed by atoms with Crippen molar-refractivity contribution >= 4 is 23.6 Å². The fourth-order valence-electron chi connectivity index (χ4n) is 3.18. The minimum atomic E-state index is -1.00. The lowest BCUT2D eigenvalue weighted by molar-refractivity contribution is -0.136. The third kappa shape index (κ3) is 3.24. The van der Waals surface area contributed by atoms with Crippen LogP contribution in [0.1, 0.15) is 39.1 Å². The van der Waals surface area contributed by atoms with E-state index in [0.717, 1.165) is 4.90 Å². The van der Waals surface area contributed by atoms with Crippen LogP contribution in [0, 0.1) is 0 Å². The van der Waals surface area contributed by atoms with Crippen molar-refractivity contribution in [1.82, 2.24) is 15.5 Å². The molecular weight excluding hydrogens is 342 g/mol. The minimum absolute atomic E-state index is 0.0709. The van der Waals surface area contributed by atoms with Crippen LogP contribution in [0.3, 0.4) is 0 Å². The molecule has 1 saturated heterocycles. The first-order chi connectivity index (χ1) is 12.4. The smallest absolute Gasteiger partial charge is 0.262 e. The number of fused-ring (bicyclic) bond motifs is 1. The third-order valence-corrected chi connectivity index (χ3v) is 4.41. The van der Waals surface area contributed by atoms with Crippen molar-refractivity contribution < 1.29 is 29.0 Å². The molecule has 4 amide bonds. The second-order valence-electron chi connectivity index (χ2n) is 6.14. The number of imide groups is 2. The third-order valence-electron chi connectivity index (χ3n) is 4.41. The van der Waals surface area contributed by atoms with Gasteiger partial charge in [-0.15, -0.1) is 0 Å². The summed E-state index contributed by atoms with van der Waals surface area (Å²) in [5.74, 6) is -2.19. The quantitative estimate of drug-likeness (QED) is 0.445. The predicted molar refractivity (Wildman–Crippen MR) is 87.8 cm³/mol. The van der Waals surface area contributed by atoms with Gasteiger partial charge in [0, 0.05) is 20.1 Å². The van der Waals surface area contributed by atoms with E-state index < -0.39 is 35.9 Å². The van der Waals surface area contributed by atoms with Gasteiger partial charge in [-0.3, -0.25) is 34.7 Å². The number of aliphatic hydroxyl groups excluding tert-OH is 1. The van der Waals surface area contributed by atoms with Crippen LogP contribution in [0.15, 0.2) is 18.2 Å². The number of benzene rings is 1. The Morgan fingerprint density at radius 1 is 1.31 bits per heavy atom. The summed E-state index contributed by atoms with van der Waals surface area (Å²) in [5, 5.41) is 14.7. The van der Waals surface area contributed by atoms with Gasteiger partial charge in [0.15, 0.2) is 0 Å². The molecule has 9 nitrogen and oxygen atoms in total. The number of aliphatic hydroxyl groups is 1. The van der Waals surface area contributed by atoms with Gasteiger partial charge in [-0.25, -0.2) is 0 Å². The Bertz CT molecular complexity index is 778. The zero-order valence-electron chi connectivity index (χ0n) is 14.2. The summed E-state index contributed by atoms with van der Waals surface area (Å²) in [6.07, 6.45) is -0.744. The molecule has 26 heavy (non-hydrogen) atoms. The maximum absolute atomic E-state index is 12.8. The predicted octanol–water partition coefficient (Wildman–Crippen LogP) is -0.858. The normalized spacial score (nSPS) is 21.0. The highest BCUT2D eigenvalue weighted by atomic mass is 16.5. The number of methoxy groups -OCH3 is 1. The lowest BCUT2D eigenvalue weighted by Gasteiger charge is -2.27. The molecule has 2 aliphatic heterocycles. The largest absolute Gasteiger partial charge is 0.381 e. The molecule has 0 bridgehead atoms. The van der Waals surface area contributed by atoms with Crippen molar-refractivity contribution in [3.8, 4) is 0 Å². The van der Waals surface area contributed by atoms with E-state index >= 15 is 0 Å². The van der Waals surface area contributed by atoms with Crippen molar-refractivity contribution in [3.05, 3.63) is 34.9 Å². The average molecular weight is 361 g/mol. The monoisotopic (exact) mass is 361 g/mol. The van der Waals surface area contributed by atoms with E-state index in [1.165, 1.54) is 13.2 Å². The van der Waals surface area contributed by atoms with Gasteiger partial charge in [-0.1, -0.05) is 12.1 Å². The highest BCUT2D eigenvalue weighted by Crippen LogP contribution is 2.29. The molecule has 138 valence electrons. The highest BCUT2D eigenvalue weighted by Gasteiger charge is 2.45. The van der Waals surface area contributed by atoms with Gasteiger partial charge in [0.05, 0.1) is 17.7 Å². The van der Waals surface area contributed by atoms with Gasteiger partial charge in [-0.05, 0) is 18.1 Å². The fraction of sp³-hybridized carbons (Fsp3) is 0.412. The molecule has 1 aromatic carbocycles. The molecule has 2 aliphatic rings. The summed E-state index contributed by atoms with van der Waals surface area (Å²) in [5.41, 5.74) is 0.949. The molecule has 3 N–H and O–H groups in total. The SMILES string of the molecule is COCC(O)NCc1cccc2c1C(=O)N(C1CCC(=O)NC1=O)C2=O. The van der Waals surface area contributed by atoms with Crippen LogP contribution >= 0.6 is 0 Å². The Balaban J connectivity index is 1.84.